The Morgan fingerprint density at radius 1 is 0.765 bits per heavy atom. The lowest BCUT2D eigenvalue weighted by atomic mass is 9.98. The maximum absolute atomic E-state index is 13.7. The molecular weight excluding hydrogens is 440 g/mol. The second kappa shape index (κ2) is 7.49. The lowest BCUT2D eigenvalue weighted by molar-refractivity contribution is 0.513. The van der Waals surface area contributed by atoms with Gasteiger partial charge in [0.05, 0.1) is 24.0 Å². The molecule has 5 rings (SSSR count). The minimum atomic E-state index is -0.998. The third kappa shape index (κ3) is 2.98. The van der Waals surface area contributed by atoms with Crippen LogP contribution in [-0.4, -0.2) is 24.9 Å². The minimum Gasteiger partial charge on any atom is -0.226 e. The molecule has 0 saturated carbocycles. The maximum atomic E-state index is 13.7. The van der Waals surface area contributed by atoms with Crippen molar-refractivity contribution in [3.8, 4) is 40.6 Å². The summed E-state index contributed by atoms with van der Waals surface area (Å²) in [5.74, 6) is -2.00. The van der Waals surface area contributed by atoms with Crippen LogP contribution in [0.5, 0.6) is 0 Å². The minimum absolute atomic E-state index is 0.00479. The maximum Gasteiger partial charge on any atom is 0.271 e. The molecule has 1 aliphatic carbocycles. The molecule has 0 atom stereocenters. The zero-order valence-electron chi connectivity index (χ0n) is 16.7. The van der Waals surface area contributed by atoms with Gasteiger partial charge in [-0.2, -0.15) is 24.3 Å². The monoisotopic (exact) mass is 445 g/mol. The number of allylic oxidation sites excluding steroid dienone is 1. The number of pyridine rings is 1. The number of rotatable bonds is 1. The average Bonchev–Trinajstić information content (AvgIpc) is 3.14. The molecule has 0 amide bonds. The quantitative estimate of drug-likeness (QED) is 0.216. The molecule has 1 aromatic carbocycles. The van der Waals surface area contributed by atoms with E-state index in [0.717, 1.165) is 12.1 Å². The zero-order valence-corrected chi connectivity index (χ0v) is 16.7. The molecule has 0 N–H and O–H groups in total. The number of halogens is 2. The predicted molar refractivity (Wildman–Crippen MR) is 111 cm³/mol. The second-order valence-corrected chi connectivity index (χ2v) is 6.92. The van der Waals surface area contributed by atoms with Crippen LogP contribution in [0.1, 0.15) is 22.6 Å². The van der Waals surface area contributed by atoms with Crippen molar-refractivity contribution < 1.29 is 8.78 Å². The summed E-state index contributed by atoms with van der Waals surface area (Å²) in [6.07, 6.45) is 0. The second-order valence-electron chi connectivity index (χ2n) is 6.92. The fourth-order valence-corrected chi connectivity index (χ4v) is 3.68. The summed E-state index contributed by atoms with van der Waals surface area (Å²) in [6, 6.07) is 12.3. The summed E-state index contributed by atoms with van der Waals surface area (Å²) in [6.45, 7) is 7.44. The van der Waals surface area contributed by atoms with E-state index in [4.69, 9.17) is 6.57 Å². The number of nitriles is 3. The molecule has 0 bridgehead atoms. The van der Waals surface area contributed by atoms with Gasteiger partial charge in [0, 0.05) is 23.3 Å². The molecule has 34 heavy (non-hydrogen) atoms. The van der Waals surface area contributed by atoms with E-state index >= 15 is 0 Å². The Morgan fingerprint density at radius 2 is 1.38 bits per heavy atom. The van der Waals surface area contributed by atoms with Gasteiger partial charge in [0.15, 0.2) is 22.7 Å². The first-order valence-electron chi connectivity index (χ1n) is 9.37. The summed E-state index contributed by atoms with van der Waals surface area (Å²) in [5.41, 5.74) is 1.37. The topological polar surface area (TPSA) is 140 Å². The van der Waals surface area contributed by atoms with Crippen LogP contribution in [-0.2, 0) is 0 Å². The first-order chi connectivity index (χ1) is 16.5. The van der Waals surface area contributed by atoms with E-state index in [9.17, 15) is 24.6 Å². The molecule has 3 heterocycles. The number of benzene rings is 1. The Kier molecular flexibility index (Phi) is 4.46. The van der Waals surface area contributed by atoms with E-state index in [1.165, 1.54) is 0 Å². The van der Waals surface area contributed by atoms with Crippen LogP contribution in [0.15, 0.2) is 36.0 Å². The summed E-state index contributed by atoms with van der Waals surface area (Å²) >= 11 is 0. The van der Waals surface area contributed by atoms with E-state index in [1.807, 2.05) is 6.07 Å². The molecule has 4 aromatic rings. The van der Waals surface area contributed by atoms with Crippen molar-refractivity contribution in [2.24, 2.45) is 0 Å². The van der Waals surface area contributed by atoms with Crippen molar-refractivity contribution in [2.45, 2.75) is 0 Å². The Morgan fingerprint density at radius 3 is 1.94 bits per heavy atom. The van der Waals surface area contributed by atoms with Crippen LogP contribution in [0, 0.1) is 52.5 Å². The number of nitrogens with zero attached hydrogens (tertiary/aromatic N) is 9. The highest BCUT2D eigenvalue weighted by Gasteiger charge is 2.31. The van der Waals surface area contributed by atoms with E-state index in [1.54, 1.807) is 30.3 Å². The number of hydrogen-bond acceptors (Lipinski definition) is 8. The van der Waals surface area contributed by atoms with Crippen molar-refractivity contribution in [1.29, 1.82) is 15.8 Å². The third-order valence-electron chi connectivity index (χ3n) is 5.06. The van der Waals surface area contributed by atoms with Crippen molar-refractivity contribution >= 4 is 16.9 Å². The molecule has 0 fully saturated rings. The summed E-state index contributed by atoms with van der Waals surface area (Å²) in [4.78, 5) is 23.3. The molecule has 11 heteroatoms. The molecule has 156 valence electrons. The van der Waals surface area contributed by atoms with Crippen LogP contribution in [0.4, 0.5) is 8.78 Å². The van der Waals surface area contributed by atoms with Crippen molar-refractivity contribution in [1.82, 2.24) is 24.9 Å². The van der Waals surface area contributed by atoms with Gasteiger partial charge in [0.25, 0.3) is 5.70 Å². The SMILES string of the molecule is [C-]#[N+]/C(C#N)=C1\c2cc(-c3cc(F)nc(F)c3)ccc2-c2nc3nc(C#N)c(C#N)nc3nc21. The van der Waals surface area contributed by atoms with Gasteiger partial charge in [-0.05, 0) is 22.8 Å². The Bertz CT molecular complexity index is 1740. The lowest BCUT2D eigenvalue weighted by Gasteiger charge is -2.07. The van der Waals surface area contributed by atoms with E-state index in [0.29, 0.717) is 16.7 Å². The van der Waals surface area contributed by atoms with Gasteiger partial charge in [-0.3, -0.25) is 0 Å². The van der Waals surface area contributed by atoms with E-state index < -0.39 is 11.9 Å². The number of aromatic nitrogens is 5. The smallest absolute Gasteiger partial charge is 0.226 e. The number of hydrogen-bond donors (Lipinski definition) is 0. The molecule has 3 aromatic heterocycles. The van der Waals surface area contributed by atoms with Crippen LogP contribution < -0.4 is 0 Å². The predicted octanol–water partition coefficient (Wildman–Crippen LogP) is 3.69. The number of fused-ring (bicyclic) bond motifs is 4. The highest BCUT2D eigenvalue weighted by atomic mass is 19.1. The Labute approximate surface area is 189 Å². The lowest BCUT2D eigenvalue weighted by Crippen LogP contribution is -2.02. The standard InChI is InChI=1S/C23H5F2N9/c1-29-16(9-28)19-13-4-10(11-5-17(24)32-18(25)6-11)2-3-12(13)20-21(19)34-23-22(33-20)30-14(7-26)15(8-27)31-23/h2-6H/b19-16+. The zero-order chi connectivity index (χ0) is 24.0. The van der Waals surface area contributed by atoms with Gasteiger partial charge in [0.1, 0.15) is 12.1 Å². The normalized spacial score (nSPS) is 12.6. The van der Waals surface area contributed by atoms with Crippen LogP contribution in [0.3, 0.4) is 0 Å². The van der Waals surface area contributed by atoms with Gasteiger partial charge >= 0.3 is 0 Å². The first kappa shape index (κ1) is 20.3. The van der Waals surface area contributed by atoms with Crippen molar-refractivity contribution in [3.05, 3.63) is 82.0 Å². The fraction of sp³-hybridized carbons (Fsp3) is 0. The largest absolute Gasteiger partial charge is 0.271 e. The fourth-order valence-electron chi connectivity index (χ4n) is 3.68. The highest BCUT2D eigenvalue weighted by molar-refractivity contribution is 6.03. The van der Waals surface area contributed by atoms with Crippen molar-refractivity contribution in [3.63, 3.8) is 0 Å². The Balaban J connectivity index is 1.83. The van der Waals surface area contributed by atoms with Gasteiger partial charge in [-0.15, -0.1) is 0 Å². The summed E-state index contributed by atoms with van der Waals surface area (Å²) < 4.78 is 27.4. The van der Waals surface area contributed by atoms with Gasteiger partial charge < -0.3 is 0 Å². The Hall–Kier alpha value is -5.65. The molecule has 1 aliphatic rings. The van der Waals surface area contributed by atoms with E-state index in [-0.39, 0.29) is 50.9 Å². The highest BCUT2D eigenvalue weighted by Crippen LogP contribution is 2.45. The molecule has 0 saturated heterocycles. The van der Waals surface area contributed by atoms with Crippen LogP contribution in [0.2, 0.25) is 0 Å². The van der Waals surface area contributed by atoms with Crippen molar-refractivity contribution in [2.75, 3.05) is 0 Å². The molecular formula is C23H5F2N9. The van der Waals surface area contributed by atoms with Gasteiger partial charge in [-0.1, -0.05) is 12.1 Å². The summed E-state index contributed by atoms with van der Waals surface area (Å²) in [7, 11) is 0. The third-order valence-corrected chi connectivity index (χ3v) is 5.06. The molecule has 0 aliphatic heterocycles. The molecule has 0 unspecified atom stereocenters. The average molecular weight is 445 g/mol. The van der Waals surface area contributed by atoms with Gasteiger partial charge in [0.2, 0.25) is 11.9 Å². The molecule has 0 spiro atoms. The molecule has 9 nitrogen and oxygen atoms in total. The summed E-state index contributed by atoms with van der Waals surface area (Å²) in [5, 5.41) is 28.0. The van der Waals surface area contributed by atoms with Crippen LogP contribution in [0.25, 0.3) is 44.1 Å². The van der Waals surface area contributed by atoms with E-state index in [2.05, 4.69) is 29.8 Å². The first-order valence-corrected chi connectivity index (χ1v) is 9.37. The van der Waals surface area contributed by atoms with Crippen LogP contribution >= 0.6 is 0 Å². The molecule has 0 radical (unpaired) electrons. The van der Waals surface area contributed by atoms with Gasteiger partial charge in [-0.25, -0.2) is 30.0 Å².